The molecule has 0 radical (unpaired) electrons. The number of carbonyl (C=O) groups excluding carboxylic acids is 2. The normalized spacial score (nSPS) is 24.1. The first-order valence-corrected chi connectivity index (χ1v) is 23.6. The van der Waals surface area contributed by atoms with E-state index < -0.39 is 29.4 Å². The predicted octanol–water partition coefficient (Wildman–Crippen LogP) is 9.10. The van der Waals surface area contributed by atoms with E-state index in [1.165, 1.54) is 14.2 Å². The van der Waals surface area contributed by atoms with Gasteiger partial charge in [0.1, 0.15) is 0 Å². The van der Waals surface area contributed by atoms with Crippen LogP contribution in [-0.2, 0) is 41.5 Å². The van der Waals surface area contributed by atoms with Crippen molar-refractivity contribution in [2.45, 2.75) is 128 Å². The Bertz CT molecular complexity index is 2070. The molecule has 0 aromatic carbocycles. The number of carboxylic acid groups (broad SMARTS) is 2. The van der Waals surface area contributed by atoms with Crippen molar-refractivity contribution in [1.29, 1.82) is 0 Å². The number of hydrogen-bond acceptors (Lipinski definition) is 14. The van der Waals surface area contributed by atoms with Crippen molar-refractivity contribution in [3.63, 3.8) is 0 Å². The molecule has 24 heteroatoms. The van der Waals surface area contributed by atoms with Crippen molar-refractivity contribution in [2.24, 2.45) is 47.0 Å². The average Bonchev–Trinajstić information content (AvgIpc) is 3.30. The molecule has 0 amide bonds. The highest BCUT2D eigenvalue weighted by Gasteiger charge is 2.30. The van der Waals surface area contributed by atoms with E-state index in [1.807, 2.05) is 0 Å². The molecular formula is C44H60Cl5F3N8O8. The lowest BCUT2D eigenvalue weighted by atomic mass is 9.79. The minimum atomic E-state index is -0.763. The van der Waals surface area contributed by atoms with E-state index in [4.69, 9.17) is 72.8 Å². The largest absolute Gasteiger partial charge is 0.481 e. The number of methoxy groups -OCH3 is 2. The summed E-state index contributed by atoms with van der Waals surface area (Å²) in [4.78, 5) is 65.6. The summed E-state index contributed by atoms with van der Waals surface area (Å²) in [6.07, 6.45) is 17.8. The Hall–Kier alpha value is -3.72. The number of esters is 2. The van der Waals surface area contributed by atoms with Gasteiger partial charge < -0.3 is 31.2 Å². The van der Waals surface area contributed by atoms with Crippen molar-refractivity contribution in [3.8, 4) is 0 Å². The van der Waals surface area contributed by atoms with Gasteiger partial charge in [0.2, 0.25) is 15.9 Å². The smallest absolute Gasteiger partial charge is 0.308 e. The Balaban J connectivity index is 0.000000300. The maximum Gasteiger partial charge on any atom is 0.308 e. The molecule has 380 valence electrons. The van der Waals surface area contributed by atoms with Gasteiger partial charge in [0.15, 0.2) is 22.6 Å². The second kappa shape index (κ2) is 31.5. The summed E-state index contributed by atoms with van der Waals surface area (Å²) < 4.78 is 48.6. The highest BCUT2D eigenvalue weighted by molar-refractivity contribution is 6.31. The molecule has 7 rings (SSSR count). The lowest BCUT2D eigenvalue weighted by Gasteiger charge is -2.27. The van der Waals surface area contributed by atoms with Gasteiger partial charge in [-0.25, -0.2) is 43.1 Å². The Kier molecular flexibility index (Phi) is 28.0. The van der Waals surface area contributed by atoms with Crippen LogP contribution in [0.3, 0.4) is 0 Å². The van der Waals surface area contributed by atoms with Crippen molar-refractivity contribution in [1.82, 2.24) is 29.9 Å². The summed E-state index contributed by atoms with van der Waals surface area (Å²) in [7, 11) is 2.83. The molecule has 16 nitrogen and oxygen atoms in total. The fourth-order valence-corrected chi connectivity index (χ4v) is 9.14. The fourth-order valence-electron chi connectivity index (χ4n) is 8.53. The first-order valence-electron chi connectivity index (χ1n) is 22.1. The van der Waals surface area contributed by atoms with E-state index in [9.17, 15) is 32.3 Å². The number of halogens is 8. The molecule has 4 aliphatic rings. The van der Waals surface area contributed by atoms with Crippen molar-refractivity contribution in [3.05, 3.63) is 68.4 Å². The zero-order valence-electron chi connectivity index (χ0n) is 37.8. The lowest BCUT2D eigenvalue weighted by Crippen LogP contribution is -2.32. The molecule has 0 aliphatic heterocycles. The molecule has 4 fully saturated rings. The highest BCUT2D eigenvalue weighted by atomic mass is 35.5. The van der Waals surface area contributed by atoms with Crippen LogP contribution in [0.2, 0.25) is 21.0 Å². The van der Waals surface area contributed by atoms with Crippen molar-refractivity contribution >= 4 is 82.7 Å². The van der Waals surface area contributed by atoms with E-state index in [0.29, 0.717) is 44.2 Å². The molecule has 8 atom stereocenters. The number of carboxylic acids is 2. The van der Waals surface area contributed by atoms with Crippen LogP contribution in [0.25, 0.3) is 0 Å². The number of carbonyl (C=O) groups is 4. The van der Waals surface area contributed by atoms with Crippen LogP contribution in [0.5, 0.6) is 0 Å². The number of aromatic nitrogens is 6. The third-order valence-corrected chi connectivity index (χ3v) is 12.8. The molecule has 3 aromatic rings. The van der Waals surface area contributed by atoms with Crippen LogP contribution >= 0.6 is 58.8 Å². The Morgan fingerprint density at radius 1 is 0.559 bits per heavy atom. The van der Waals surface area contributed by atoms with Gasteiger partial charge in [0.05, 0.1) is 67.9 Å². The topological polar surface area (TPSA) is 257 Å². The van der Waals surface area contributed by atoms with Gasteiger partial charge in [-0.05, 0) is 124 Å². The minimum absolute atomic E-state index is 0. The second-order valence-corrected chi connectivity index (χ2v) is 18.4. The number of ether oxygens (including phenoxy) is 2. The average molecular weight is 1060 g/mol. The molecule has 0 bridgehead atoms. The van der Waals surface area contributed by atoms with Gasteiger partial charge in [-0.1, -0.05) is 50.1 Å². The summed E-state index contributed by atoms with van der Waals surface area (Å²) >= 11 is 21.8. The zero-order valence-corrected chi connectivity index (χ0v) is 41.7. The Morgan fingerprint density at radius 3 is 1.26 bits per heavy atom. The number of hydrogen-bond donors (Lipinski definition) is 4. The Morgan fingerprint density at radius 2 is 0.897 bits per heavy atom. The fraction of sp³-hybridized carbons (Fsp3) is 0.636. The van der Waals surface area contributed by atoms with Crippen LogP contribution in [0.1, 0.15) is 114 Å². The summed E-state index contributed by atoms with van der Waals surface area (Å²) in [5, 5.41) is 17.4. The van der Waals surface area contributed by atoms with Crippen LogP contribution in [0.4, 0.5) is 13.2 Å². The summed E-state index contributed by atoms with van der Waals surface area (Å²) in [6.45, 7) is 0. The van der Waals surface area contributed by atoms with Crippen LogP contribution in [0.15, 0.2) is 18.6 Å². The number of nitrogens with two attached hydrogens (primary N) is 2. The maximum atomic E-state index is 13.6. The molecule has 68 heavy (non-hydrogen) atoms. The van der Waals surface area contributed by atoms with E-state index in [0.717, 1.165) is 95.6 Å². The third kappa shape index (κ3) is 21.9. The molecule has 0 unspecified atom stereocenters. The molecule has 0 spiro atoms. The quantitative estimate of drug-likeness (QED) is 0.0932. The van der Waals surface area contributed by atoms with E-state index >= 15 is 0 Å². The summed E-state index contributed by atoms with van der Waals surface area (Å²) in [5.74, 6) is -3.43. The zero-order chi connectivity index (χ0) is 49.6. The van der Waals surface area contributed by atoms with Gasteiger partial charge in [0, 0.05) is 12.1 Å². The molecule has 4 aliphatic carbocycles. The first-order chi connectivity index (χ1) is 31.8. The van der Waals surface area contributed by atoms with Crippen LogP contribution < -0.4 is 11.5 Å². The molecule has 3 heterocycles. The maximum absolute atomic E-state index is 13.6. The molecule has 0 saturated heterocycles. The number of rotatable bonds is 8. The molecule has 4 saturated carbocycles. The van der Waals surface area contributed by atoms with Crippen LogP contribution in [0, 0.1) is 53.0 Å². The second-order valence-electron chi connectivity index (χ2n) is 17.0. The summed E-state index contributed by atoms with van der Waals surface area (Å²) in [6, 6.07) is 0.322. The molecule has 6 N–H and O–H groups in total. The van der Waals surface area contributed by atoms with E-state index in [2.05, 4.69) is 34.6 Å². The molecule has 3 aromatic heterocycles. The number of nitrogens with zero attached hydrogens (tertiary/aromatic N) is 6. The van der Waals surface area contributed by atoms with Crippen molar-refractivity contribution in [2.75, 3.05) is 14.2 Å². The van der Waals surface area contributed by atoms with Crippen molar-refractivity contribution < 1.29 is 52.0 Å². The van der Waals surface area contributed by atoms with Gasteiger partial charge >= 0.3 is 23.9 Å². The van der Waals surface area contributed by atoms with Gasteiger partial charge in [-0.15, -0.1) is 12.4 Å². The third-order valence-electron chi connectivity index (χ3n) is 12.0. The standard InChI is InChI=1S/C13H16ClFN2O2.C12H14ClFN2O2.C8H15NO2.C7H13NO2.C4HCl2FN2.ClH/c1-19-12(18)9-4-2-3-8(5-9)6-11-10(15)7-16-13(14)17-11;13-12-15-6-9(14)10(16-12)5-7-2-1-3-8(4-7)11(17)18;1-11-8(10)6-3-2-4-7(9)5-6;8-6-3-1-2-5(4-6)7(9)10;5-3-2(7)1-8-4(6)9-3;/h7-9H,2-6H2,1H3;6-8H,1-5H2,(H,17,18);6-7H,2-5,9H2,1H3;5-6H,1-4,8H2,(H,9,10);1H;1H/t8-,9+;7-,8+;6-,7+;5-,6+;;/m0011../s1. The van der Waals surface area contributed by atoms with Gasteiger partial charge in [0.25, 0.3) is 0 Å². The minimum Gasteiger partial charge on any atom is -0.481 e. The lowest BCUT2D eigenvalue weighted by molar-refractivity contribution is -0.147. The highest BCUT2D eigenvalue weighted by Crippen LogP contribution is 2.33. The Labute approximate surface area is 420 Å². The predicted molar refractivity (Wildman–Crippen MR) is 251 cm³/mol. The SMILES string of the molecule is COC(=O)[C@@H]1CCC[C@H](Cc2nc(Cl)ncc2F)C1.COC(=O)[C@@H]1CCC[C@H](N)C1.Cl.Fc1cnc(Cl)nc1Cl.N[C@H]1CCC[C@@H](C(=O)O)C1.O=C(O)[C@@H]1CCC[C@H](Cc2nc(Cl)ncc2F)C1. The monoisotopic (exact) mass is 1060 g/mol. The summed E-state index contributed by atoms with van der Waals surface area (Å²) in [5.41, 5.74) is 11.9. The first kappa shape index (κ1) is 60.4. The van der Waals surface area contributed by atoms with Crippen LogP contribution in [-0.4, -0.2) is 90.3 Å². The number of aliphatic carboxylic acids is 2. The van der Waals surface area contributed by atoms with Gasteiger partial charge in [-0.3, -0.25) is 19.2 Å². The van der Waals surface area contributed by atoms with E-state index in [1.54, 1.807) is 0 Å². The van der Waals surface area contributed by atoms with Gasteiger partial charge in [-0.2, -0.15) is 0 Å². The molecular weight excluding hydrogens is 1000 g/mol. The van der Waals surface area contributed by atoms with E-state index in [-0.39, 0.29) is 98.6 Å².